The molecule has 2 atom stereocenters. The first-order valence-electron chi connectivity index (χ1n) is 5.35. The number of likely N-dealkylation sites (tertiary alicyclic amines) is 1. The van der Waals surface area contributed by atoms with E-state index in [0.29, 0.717) is 6.42 Å². The zero-order chi connectivity index (χ0) is 12.3. The number of aliphatic hydroxyl groups excluding tert-OH is 1. The summed E-state index contributed by atoms with van der Waals surface area (Å²) < 4.78 is 0. The molecule has 1 fully saturated rings. The molecule has 0 aliphatic carbocycles. The van der Waals surface area contributed by atoms with Crippen LogP contribution < -0.4 is 5.32 Å². The third-order valence-corrected chi connectivity index (χ3v) is 2.50. The molecule has 0 bridgehead atoms. The van der Waals surface area contributed by atoms with Gasteiger partial charge in [-0.3, -0.25) is 4.79 Å². The molecule has 1 aliphatic heterocycles. The van der Waals surface area contributed by atoms with Gasteiger partial charge >= 0.3 is 6.09 Å². The Labute approximate surface area is 94.2 Å². The number of carbonyl (C=O) groups excluding carboxylic acids is 1. The molecule has 3 N–H and O–H groups in total. The molecule has 6 nitrogen and oxygen atoms in total. The minimum absolute atomic E-state index is 0.0575. The molecule has 6 heteroatoms. The topological polar surface area (TPSA) is 89.9 Å². The number of hydrogen-bond donors (Lipinski definition) is 3. The second-order valence-electron chi connectivity index (χ2n) is 4.53. The van der Waals surface area contributed by atoms with Crippen LogP contribution in [0.5, 0.6) is 0 Å². The van der Waals surface area contributed by atoms with Crippen molar-refractivity contribution in [2.75, 3.05) is 13.1 Å². The average molecular weight is 230 g/mol. The molecule has 1 rings (SSSR count). The number of carbonyl (C=O) groups is 2. The van der Waals surface area contributed by atoms with Crippen molar-refractivity contribution in [3.63, 3.8) is 0 Å². The van der Waals surface area contributed by atoms with Gasteiger partial charge in [0.05, 0.1) is 18.7 Å². The Morgan fingerprint density at radius 3 is 2.50 bits per heavy atom. The number of rotatable bonds is 3. The first kappa shape index (κ1) is 12.8. The Kier molecular flexibility index (Phi) is 4.12. The van der Waals surface area contributed by atoms with E-state index in [-0.39, 0.29) is 24.9 Å². The fourth-order valence-electron chi connectivity index (χ4n) is 1.72. The highest BCUT2D eigenvalue weighted by molar-refractivity contribution is 5.76. The second-order valence-corrected chi connectivity index (χ2v) is 4.53. The lowest BCUT2D eigenvalue weighted by molar-refractivity contribution is -0.123. The number of amides is 2. The summed E-state index contributed by atoms with van der Waals surface area (Å²) in [6.07, 6.45) is -1.50. The van der Waals surface area contributed by atoms with Gasteiger partial charge in [0, 0.05) is 13.0 Å². The maximum absolute atomic E-state index is 11.4. The summed E-state index contributed by atoms with van der Waals surface area (Å²) in [7, 11) is 0. The molecule has 2 amide bonds. The Morgan fingerprint density at radius 1 is 1.44 bits per heavy atom. The van der Waals surface area contributed by atoms with Crippen molar-refractivity contribution < 1.29 is 19.8 Å². The van der Waals surface area contributed by atoms with E-state index in [1.165, 1.54) is 0 Å². The minimum Gasteiger partial charge on any atom is -0.465 e. The van der Waals surface area contributed by atoms with Crippen molar-refractivity contribution in [3.8, 4) is 0 Å². The number of β-amino-alcohol motifs (C(OH)–C–C–N with tert-alkyl or cyclic N) is 1. The number of hydrogen-bond acceptors (Lipinski definition) is 3. The van der Waals surface area contributed by atoms with E-state index in [1.54, 1.807) is 0 Å². The van der Waals surface area contributed by atoms with Crippen molar-refractivity contribution in [1.29, 1.82) is 0 Å². The summed E-state index contributed by atoms with van der Waals surface area (Å²) in [5.74, 6) is 0.0976. The van der Waals surface area contributed by atoms with Gasteiger partial charge in [0.25, 0.3) is 0 Å². The number of nitrogens with zero attached hydrogens (tertiary/aromatic N) is 1. The molecule has 1 aliphatic rings. The van der Waals surface area contributed by atoms with Crippen molar-refractivity contribution >= 4 is 12.0 Å². The summed E-state index contributed by atoms with van der Waals surface area (Å²) in [6.45, 7) is 4.06. The Morgan fingerprint density at radius 2 is 2.06 bits per heavy atom. The van der Waals surface area contributed by atoms with Crippen LogP contribution in [0.15, 0.2) is 0 Å². The van der Waals surface area contributed by atoms with Crippen molar-refractivity contribution in [3.05, 3.63) is 0 Å². The minimum atomic E-state index is -1.07. The quantitative estimate of drug-likeness (QED) is 0.630. The normalized spacial score (nSPS) is 24.9. The van der Waals surface area contributed by atoms with Gasteiger partial charge in [0.2, 0.25) is 5.91 Å². The molecule has 0 spiro atoms. The zero-order valence-electron chi connectivity index (χ0n) is 9.51. The summed E-state index contributed by atoms with van der Waals surface area (Å²) >= 11 is 0. The van der Waals surface area contributed by atoms with E-state index in [1.807, 2.05) is 13.8 Å². The predicted molar refractivity (Wildman–Crippen MR) is 57.0 cm³/mol. The van der Waals surface area contributed by atoms with Crippen LogP contribution in [0.1, 0.15) is 20.3 Å². The zero-order valence-corrected chi connectivity index (χ0v) is 9.51. The highest BCUT2D eigenvalue weighted by atomic mass is 16.4. The number of carboxylic acid groups (broad SMARTS) is 1. The molecule has 1 heterocycles. The van der Waals surface area contributed by atoms with Crippen molar-refractivity contribution in [2.45, 2.75) is 32.4 Å². The monoisotopic (exact) mass is 230 g/mol. The molecule has 0 aromatic heterocycles. The largest absolute Gasteiger partial charge is 0.465 e. The number of aliphatic hydroxyl groups is 1. The highest BCUT2D eigenvalue weighted by Crippen LogP contribution is 2.11. The second kappa shape index (κ2) is 5.16. The van der Waals surface area contributed by atoms with Gasteiger partial charge in [-0.25, -0.2) is 4.79 Å². The Hall–Kier alpha value is -1.30. The lowest BCUT2D eigenvalue weighted by atomic mass is 10.1. The molecule has 92 valence electrons. The van der Waals surface area contributed by atoms with Crippen molar-refractivity contribution in [1.82, 2.24) is 10.2 Å². The first-order valence-corrected chi connectivity index (χ1v) is 5.35. The van der Waals surface area contributed by atoms with E-state index >= 15 is 0 Å². The Balaban J connectivity index is 2.44. The van der Waals surface area contributed by atoms with Gasteiger partial charge in [-0.2, -0.15) is 0 Å². The van der Waals surface area contributed by atoms with Crippen LogP contribution in [0.25, 0.3) is 0 Å². The molecular weight excluding hydrogens is 212 g/mol. The first-order chi connectivity index (χ1) is 7.40. The van der Waals surface area contributed by atoms with E-state index in [2.05, 4.69) is 5.32 Å². The van der Waals surface area contributed by atoms with Gasteiger partial charge < -0.3 is 20.4 Å². The third kappa shape index (κ3) is 3.37. The van der Waals surface area contributed by atoms with E-state index in [9.17, 15) is 14.7 Å². The molecule has 0 radical (unpaired) electrons. The van der Waals surface area contributed by atoms with E-state index in [0.717, 1.165) is 4.90 Å². The van der Waals surface area contributed by atoms with Gasteiger partial charge in [-0.1, -0.05) is 13.8 Å². The third-order valence-electron chi connectivity index (χ3n) is 2.50. The van der Waals surface area contributed by atoms with Crippen LogP contribution in [0.4, 0.5) is 4.79 Å². The van der Waals surface area contributed by atoms with Gasteiger partial charge in [-0.15, -0.1) is 0 Å². The molecule has 1 saturated heterocycles. The fourth-order valence-corrected chi connectivity index (χ4v) is 1.72. The molecule has 0 aromatic carbocycles. The molecule has 16 heavy (non-hydrogen) atoms. The lowest BCUT2D eigenvalue weighted by Crippen LogP contribution is -2.43. The van der Waals surface area contributed by atoms with Crippen LogP contribution in [0.2, 0.25) is 0 Å². The van der Waals surface area contributed by atoms with Crippen LogP contribution in [0, 0.1) is 5.92 Å². The number of nitrogens with one attached hydrogen (secondary N) is 1. The smallest absolute Gasteiger partial charge is 0.407 e. The standard InChI is InChI=1S/C10H18N2O4/c1-6(2)3-9(14)11-7-4-12(10(15)16)5-8(7)13/h6-8,13H,3-5H2,1-2H3,(H,11,14)(H,15,16)/t7-,8-/m0/s1. The fraction of sp³-hybridized carbons (Fsp3) is 0.800. The predicted octanol–water partition coefficient (Wildman–Crippen LogP) is -0.128. The average Bonchev–Trinajstić information content (AvgIpc) is 2.46. The van der Waals surface area contributed by atoms with E-state index < -0.39 is 18.2 Å². The maximum Gasteiger partial charge on any atom is 0.407 e. The summed E-state index contributed by atoms with van der Waals surface area (Å²) in [6, 6.07) is -0.484. The summed E-state index contributed by atoms with van der Waals surface area (Å²) in [5.41, 5.74) is 0. The highest BCUT2D eigenvalue weighted by Gasteiger charge is 2.34. The van der Waals surface area contributed by atoms with Crippen LogP contribution >= 0.6 is 0 Å². The SMILES string of the molecule is CC(C)CC(=O)N[C@H]1CN(C(=O)O)C[C@@H]1O. The van der Waals surface area contributed by atoms with Crippen LogP contribution in [0.3, 0.4) is 0 Å². The van der Waals surface area contributed by atoms with Gasteiger partial charge in [0.1, 0.15) is 0 Å². The van der Waals surface area contributed by atoms with Gasteiger partial charge in [-0.05, 0) is 5.92 Å². The summed E-state index contributed by atoms with van der Waals surface area (Å²) in [4.78, 5) is 23.2. The molecule has 0 aromatic rings. The van der Waals surface area contributed by atoms with Crippen molar-refractivity contribution in [2.24, 2.45) is 5.92 Å². The van der Waals surface area contributed by atoms with Crippen LogP contribution in [-0.4, -0.2) is 52.3 Å². The Bertz CT molecular complexity index is 280. The maximum atomic E-state index is 11.4. The van der Waals surface area contributed by atoms with Crippen LogP contribution in [-0.2, 0) is 4.79 Å². The van der Waals surface area contributed by atoms with E-state index in [4.69, 9.17) is 5.11 Å². The molecule has 0 unspecified atom stereocenters. The molecule has 0 saturated carbocycles. The molecular formula is C10H18N2O4. The summed E-state index contributed by atoms with van der Waals surface area (Å²) in [5, 5.41) is 21.0. The van der Waals surface area contributed by atoms with Gasteiger partial charge in [0.15, 0.2) is 0 Å². The lowest BCUT2D eigenvalue weighted by Gasteiger charge is -2.16.